The summed E-state index contributed by atoms with van der Waals surface area (Å²) in [7, 11) is 3.10. The molecule has 7 nitrogen and oxygen atoms in total. The molecule has 3 rings (SSSR count). The average Bonchev–Trinajstić information content (AvgIpc) is 3.13. The van der Waals surface area contributed by atoms with E-state index in [0.717, 1.165) is 22.3 Å². The molecule has 0 bridgehead atoms. The molecule has 0 heterocycles. The molecular formula is C27H35N3O4. The van der Waals surface area contributed by atoms with E-state index in [1.54, 1.807) is 7.05 Å². The van der Waals surface area contributed by atoms with Crippen LogP contribution in [0.3, 0.4) is 0 Å². The van der Waals surface area contributed by atoms with Crippen LogP contribution in [-0.2, 0) is 14.3 Å². The SMILES string of the molecule is CNC(=O)[C@@H](NC(=O)[C@H](C(C)C)N(C)C(=O)OCC1c2ccccc2-c2ccccc21)C(C)C. The van der Waals surface area contributed by atoms with Gasteiger partial charge in [-0.1, -0.05) is 76.2 Å². The van der Waals surface area contributed by atoms with Crippen molar-refractivity contribution in [2.24, 2.45) is 11.8 Å². The van der Waals surface area contributed by atoms with Crippen molar-refractivity contribution < 1.29 is 19.1 Å². The maximum absolute atomic E-state index is 13.1. The lowest BCUT2D eigenvalue weighted by atomic mass is 9.98. The Kier molecular flexibility index (Phi) is 7.97. The Morgan fingerprint density at radius 3 is 1.88 bits per heavy atom. The second-order valence-electron chi connectivity index (χ2n) is 9.45. The van der Waals surface area contributed by atoms with Crippen LogP contribution in [0.15, 0.2) is 48.5 Å². The molecule has 2 N–H and O–H groups in total. The molecule has 0 saturated carbocycles. The minimum absolute atomic E-state index is 0.0605. The molecule has 34 heavy (non-hydrogen) atoms. The standard InChI is InChI=1S/C27H35N3O4/c1-16(2)23(25(31)28-5)29-26(32)24(17(3)4)30(6)27(33)34-15-22-20-13-9-7-11-18(20)19-12-8-10-14-21(19)22/h7-14,16-17,22-24H,15H2,1-6H3,(H,28,31)(H,29,32)/t23-,24-/m0/s1. The second kappa shape index (κ2) is 10.7. The predicted octanol–water partition coefficient (Wildman–Crippen LogP) is 3.78. The fourth-order valence-electron chi connectivity index (χ4n) is 4.66. The van der Waals surface area contributed by atoms with E-state index in [-0.39, 0.29) is 36.2 Å². The minimum Gasteiger partial charge on any atom is -0.448 e. The zero-order chi connectivity index (χ0) is 25.0. The number of carbonyl (C=O) groups excluding carboxylic acids is 3. The number of nitrogens with one attached hydrogen (secondary N) is 2. The first-order valence-corrected chi connectivity index (χ1v) is 11.8. The summed E-state index contributed by atoms with van der Waals surface area (Å²) >= 11 is 0. The normalized spacial score (nSPS) is 14.2. The molecule has 1 aliphatic rings. The molecule has 2 aromatic carbocycles. The molecule has 7 heteroatoms. The average molecular weight is 466 g/mol. The largest absolute Gasteiger partial charge is 0.448 e. The summed E-state index contributed by atoms with van der Waals surface area (Å²) < 4.78 is 5.73. The monoisotopic (exact) mass is 465 g/mol. The van der Waals surface area contributed by atoms with Crippen LogP contribution in [0.2, 0.25) is 0 Å². The van der Waals surface area contributed by atoms with Gasteiger partial charge in [0.2, 0.25) is 11.8 Å². The molecular weight excluding hydrogens is 430 g/mol. The van der Waals surface area contributed by atoms with Crippen LogP contribution in [0, 0.1) is 11.8 Å². The van der Waals surface area contributed by atoms with Crippen molar-refractivity contribution in [1.82, 2.24) is 15.5 Å². The van der Waals surface area contributed by atoms with Crippen LogP contribution < -0.4 is 10.6 Å². The van der Waals surface area contributed by atoms with Crippen molar-refractivity contribution in [2.75, 3.05) is 20.7 Å². The summed E-state index contributed by atoms with van der Waals surface area (Å²) in [5.74, 6) is -0.989. The summed E-state index contributed by atoms with van der Waals surface area (Å²) in [5, 5.41) is 5.39. The molecule has 1 aliphatic carbocycles. The van der Waals surface area contributed by atoms with E-state index < -0.39 is 18.2 Å². The number of fused-ring (bicyclic) bond motifs is 3. The first-order chi connectivity index (χ1) is 16.2. The molecule has 2 aromatic rings. The molecule has 2 atom stereocenters. The van der Waals surface area contributed by atoms with Crippen LogP contribution in [0.1, 0.15) is 44.7 Å². The van der Waals surface area contributed by atoms with Crippen molar-refractivity contribution >= 4 is 17.9 Å². The third-order valence-corrected chi connectivity index (χ3v) is 6.43. The summed E-state index contributed by atoms with van der Waals surface area (Å²) in [6.07, 6.45) is -0.572. The van der Waals surface area contributed by atoms with Crippen LogP contribution >= 0.6 is 0 Å². The third-order valence-electron chi connectivity index (χ3n) is 6.43. The highest BCUT2D eigenvalue weighted by molar-refractivity contribution is 5.91. The van der Waals surface area contributed by atoms with Gasteiger partial charge in [-0.3, -0.25) is 14.5 Å². The fraction of sp³-hybridized carbons (Fsp3) is 0.444. The Morgan fingerprint density at radius 2 is 1.41 bits per heavy atom. The van der Waals surface area contributed by atoms with E-state index in [0.29, 0.717) is 0 Å². The first-order valence-electron chi connectivity index (χ1n) is 11.8. The number of amides is 3. The maximum atomic E-state index is 13.1. The van der Waals surface area contributed by atoms with Crippen molar-refractivity contribution in [3.8, 4) is 11.1 Å². The van der Waals surface area contributed by atoms with Crippen molar-refractivity contribution in [3.63, 3.8) is 0 Å². The van der Waals surface area contributed by atoms with Gasteiger partial charge in [-0.2, -0.15) is 0 Å². The molecule has 182 valence electrons. The van der Waals surface area contributed by atoms with Gasteiger partial charge < -0.3 is 15.4 Å². The Hall–Kier alpha value is -3.35. The number of hydrogen-bond donors (Lipinski definition) is 2. The van der Waals surface area contributed by atoms with E-state index >= 15 is 0 Å². The van der Waals surface area contributed by atoms with Gasteiger partial charge in [0.15, 0.2) is 0 Å². The summed E-state index contributed by atoms with van der Waals surface area (Å²) in [6.45, 7) is 7.62. The fourth-order valence-corrected chi connectivity index (χ4v) is 4.66. The third kappa shape index (κ3) is 5.08. The van der Waals surface area contributed by atoms with Gasteiger partial charge in [0.05, 0.1) is 0 Å². The molecule has 0 aliphatic heterocycles. The molecule has 0 fully saturated rings. The lowest BCUT2D eigenvalue weighted by Gasteiger charge is -2.32. The molecule has 0 aromatic heterocycles. The van der Waals surface area contributed by atoms with Crippen LogP contribution in [0.5, 0.6) is 0 Å². The smallest absolute Gasteiger partial charge is 0.410 e. The summed E-state index contributed by atoms with van der Waals surface area (Å²) in [4.78, 5) is 39.7. The molecule has 0 saturated heterocycles. The Bertz CT molecular complexity index is 1000. The van der Waals surface area contributed by atoms with Gasteiger partial charge >= 0.3 is 6.09 Å². The van der Waals surface area contributed by atoms with Crippen LogP contribution in [0.4, 0.5) is 4.79 Å². The molecule has 0 radical (unpaired) electrons. The number of hydrogen-bond acceptors (Lipinski definition) is 4. The molecule has 3 amide bonds. The summed E-state index contributed by atoms with van der Waals surface area (Å²) in [6, 6.07) is 14.8. The highest BCUT2D eigenvalue weighted by atomic mass is 16.6. The second-order valence-corrected chi connectivity index (χ2v) is 9.45. The van der Waals surface area contributed by atoms with Crippen LogP contribution in [0.25, 0.3) is 11.1 Å². The lowest BCUT2D eigenvalue weighted by molar-refractivity contribution is -0.133. The number of benzene rings is 2. The van der Waals surface area contributed by atoms with Crippen molar-refractivity contribution in [2.45, 2.75) is 45.7 Å². The van der Waals surface area contributed by atoms with E-state index in [1.807, 2.05) is 52.0 Å². The van der Waals surface area contributed by atoms with Gasteiger partial charge in [0.1, 0.15) is 18.7 Å². The Balaban J connectivity index is 1.72. The number of likely N-dealkylation sites (N-methyl/N-ethyl adjacent to an activating group) is 2. The highest BCUT2D eigenvalue weighted by Crippen LogP contribution is 2.44. The predicted molar refractivity (Wildman–Crippen MR) is 132 cm³/mol. The number of nitrogens with zero attached hydrogens (tertiary/aromatic N) is 1. The zero-order valence-corrected chi connectivity index (χ0v) is 20.8. The van der Waals surface area contributed by atoms with Gasteiger partial charge in [-0.25, -0.2) is 4.79 Å². The maximum Gasteiger partial charge on any atom is 0.410 e. The van der Waals surface area contributed by atoms with Gasteiger partial charge in [0, 0.05) is 20.0 Å². The van der Waals surface area contributed by atoms with Crippen molar-refractivity contribution in [3.05, 3.63) is 59.7 Å². The van der Waals surface area contributed by atoms with Gasteiger partial charge in [-0.05, 0) is 34.1 Å². The molecule has 0 unspecified atom stereocenters. The van der Waals surface area contributed by atoms with E-state index in [2.05, 4.69) is 34.9 Å². The number of carbonyl (C=O) groups is 3. The van der Waals surface area contributed by atoms with E-state index in [9.17, 15) is 14.4 Å². The topological polar surface area (TPSA) is 87.7 Å². The van der Waals surface area contributed by atoms with Gasteiger partial charge in [0.25, 0.3) is 0 Å². The minimum atomic E-state index is -0.776. The van der Waals surface area contributed by atoms with Crippen LogP contribution in [-0.4, -0.2) is 55.6 Å². The number of ether oxygens (including phenoxy) is 1. The van der Waals surface area contributed by atoms with E-state index in [4.69, 9.17) is 4.74 Å². The molecule has 0 spiro atoms. The summed E-state index contributed by atoms with van der Waals surface area (Å²) in [5.41, 5.74) is 4.56. The first kappa shape index (κ1) is 25.3. The quantitative estimate of drug-likeness (QED) is 0.621. The van der Waals surface area contributed by atoms with E-state index in [1.165, 1.54) is 11.9 Å². The zero-order valence-electron chi connectivity index (χ0n) is 20.8. The lowest BCUT2D eigenvalue weighted by Crippen LogP contribution is -2.56. The van der Waals surface area contributed by atoms with Crippen molar-refractivity contribution in [1.29, 1.82) is 0 Å². The Labute approximate surface area is 201 Å². The number of rotatable bonds is 8. The van der Waals surface area contributed by atoms with Gasteiger partial charge in [-0.15, -0.1) is 0 Å². The Morgan fingerprint density at radius 1 is 0.882 bits per heavy atom. The highest BCUT2D eigenvalue weighted by Gasteiger charge is 2.35.